The van der Waals surface area contributed by atoms with Crippen molar-refractivity contribution < 1.29 is 9.53 Å². The van der Waals surface area contributed by atoms with Gasteiger partial charge in [-0.1, -0.05) is 12.1 Å². The number of benzene rings is 1. The normalized spacial score (nSPS) is 12.0. The van der Waals surface area contributed by atoms with Crippen LogP contribution < -0.4 is 10.5 Å². The van der Waals surface area contributed by atoms with Crippen LogP contribution in [0.25, 0.3) is 0 Å². The van der Waals surface area contributed by atoms with Crippen molar-refractivity contribution in [2.24, 2.45) is 5.73 Å². The Hall–Kier alpha value is -1.55. The summed E-state index contributed by atoms with van der Waals surface area (Å²) in [6, 6.07) is 7.51. The monoisotopic (exact) mass is 250 g/mol. The SMILES string of the molecule is CCN(CC)C(=O)COc1cccc([C@H](C)N)c1. The zero-order valence-electron chi connectivity index (χ0n) is 11.3. The van der Waals surface area contributed by atoms with Crippen molar-refractivity contribution in [3.8, 4) is 5.75 Å². The molecule has 0 fully saturated rings. The summed E-state index contributed by atoms with van der Waals surface area (Å²) in [7, 11) is 0. The Bertz CT molecular complexity index is 387. The smallest absolute Gasteiger partial charge is 0.260 e. The van der Waals surface area contributed by atoms with Crippen molar-refractivity contribution in [2.45, 2.75) is 26.8 Å². The highest BCUT2D eigenvalue weighted by atomic mass is 16.5. The fourth-order valence-corrected chi connectivity index (χ4v) is 1.70. The molecule has 1 aromatic carbocycles. The molecule has 1 aromatic rings. The van der Waals surface area contributed by atoms with Crippen molar-refractivity contribution in [1.82, 2.24) is 4.90 Å². The number of likely N-dealkylation sites (N-methyl/N-ethyl adjacent to an activating group) is 1. The topological polar surface area (TPSA) is 55.6 Å². The second-order valence-corrected chi connectivity index (χ2v) is 4.22. The molecule has 0 aliphatic rings. The van der Waals surface area contributed by atoms with Crippen LogP contribution in [0.15, 0.2) is 24.3 Å². The predicted octanol–water partition coefficient (Wildman–Crippen LogP) is 1.95. The molecule has 0 aliphatic heterocycles. The summed E-state index contributed by atoms with van der Waals surface area (Å²) < 4.78 is 5.50. The van der Waals surface area contributed by atoms with Gasteiger partial charge >= 0.3 is 0 Å². The number of carbonyl (C=O) groups excluding carboxylic acids is 1. The van der Waals surface area contributed by atoms with Gasteiger partial charge in [0.05, 0.1) is 0 Å². The Labute approximate surface area is 109 Å². The minimum atomic E-state index is -0.0352. The highest BCUT2D eigenvalue weighted by Crippen LogP contribution is 2.17. The zero-order valence-corrected chi connectivity index (χ0v) is 11.3. The largest absolute Gasteiger partial charge is 0.484 e. The van der Waals surface area contributed by atoms with Gasteiger partial charge in [-0.05, 0) is 38.5 Å². The van der Waals surface area contributed by atoms with Crippen LogP contribution in [-0.2, 0) is 4.79 Å². The molecule has 100 valence electrons. The van der Waals surface area contributed by atoms with Gasteiger partial charge in [0.15, 0.2) is 6.61 Å². The van der Waals surface area contributed by atoms with E-state index in [1.807, 2.05) is 45.0 Å². The molecule has 4 heteroatoms. The van der Waals surface area contributed by atoms with E-state index >= 15 is 0 Å². The molecule has 0 saturated carbocycles. The first-order valence-electron chi connectivity index (χ1n) is 6.34. The molecule has 0 radical (unpaired) electrons. The molecule has 0 aliphatic carbocycles. The Kier molecular flexibility index (Phi) is 5.65. The molecule has 18 heavy (non-hydrogen) atoms. The number of nitrogens with zero attached hydrogens (tertiary/aromatic N) is 1. The van der Waals surface area contributed by atoms with Gasteiger partial charge in [-0.2, -0.15) is 0 Å². The molecule has 4 nitrogen and oxygen atoms in total. The van der Waals surface area contributed by atoms with Gasteiger partial charge in [-0.15, -0.1) is 0 Å². The fraction of sp³-hybridized carbons (Fsp3) is 0.500. The third-order valence-electron chi connectivity index (χ3n) is 2.86. The van der Waals surface area contributed by atoms with Gasteiger partial charge in [0.25, 0.3) is 5.91 Å². The number of carbonyl (C=O) groups is 1. The standard InChI is InChI=1S/C14H22N2O2/c1-4-16(5-2)14(17)10-18-13-8-6-7-12(9-13)11(3)15/h6-9,11H,4-5,10,15H2,1-3H3/t11-/m0/s1. The summed E-state index contributed by atoms with van der Waals surface area (Å²) in [5.41, 5.74) is 6.80. The maximum Gasteiger partial charge on any atom is 0.260 e. The molecular weight excluding hydrogens is 228 g/mol. The Balaban J connectivity index is 2.58. The Morgan fingerprint density at radius 2 is 2.06 bits per heavy atom. The van der Waals surface area contributed by atoms with E-state index in [1.54, 1.807) is 4.90 Å². The number of ether oxygens (including phenoxy) is 1. The van der Waals surface area contributed by atoms with Gasteiger partial charge in [-0.3, -0.25) is 4.79 Å². The number of hydrogen-bond donors (Lipinski definition) is 1. The van der Waals surface area contributed by atoms with E-state index in [9.17, 15) is 4.79 Å². The molecule has 1 atom stereocenters. The van der Waals surface area contributed by atoms with E-state index < -0.39 is 0 Å². The van der Waals surface area contributed by atoms with E-state index in [1.165, 1.54) is 0 Å². The average Bonchev–Trinajstić information content (AvgIpc) is 2.38. The van der Waals surface area contributed by atoms with Crippen molar-refractivity contribution in [3.05, 3.63) is 29.8 Å². The number of hydrogen-bond acceptors (Lipinski definition) is 3. The number of amides is 1. The lowest BCUT2D eigenvalue weighted by Gasteiger charge is -2.18. The van der Waals surface area contributed by atoms with Crippen LogP contribution in [0.3, 0.4) is 0 Å². The second-order valence-electron chi connectivity index (χ2n) is 4.22. The van der Waals surface area contributed by atoms with Gasteiger partial charge < -0.3 is 15.4 Å². The highest BCUT2D eigenvalue weighted by Gasteiger charge is 2.10. The lowest BCUT2D eigenvalue weighted by Crippen LogP contribution is -2.34. The van der Waals surface area contributed by atoms with Gasteiger partial charge in [-0.25, -0.2) is 0 Å². The van der Waals surface area contributed by atoms with Crippen LogP contribution in [0.2, 0.25) is 0 Å². The Morgan fingerprint density at radius 3 is 2.61 bits per heavy atom. The molecule has 2 N–H and O–H groups in total. The maximum atomic E-state index is 11.8. The summed E-state index contributed by atoms with van der Waals surface area (Å²) in [5, 5.41) is 0. The van der Waals surface area contributed by atoms with Crippen LogP contribution in [0.5, 0.6) is 5.75 Å². The molecule has 0 bridgehead atoms. The minimum Gasteiger partial charge on any atom is -0.484 e. The summed E-state index contributed by atoms with van der Waals surface area (Å²) in [5.74, 6) is 0.691. The number of nitrogens with two attached hydrogens (primary N) is 1. The first-order valence-corrected chi connectivity index (χ1v) is 6.34. The molecular formula is C14H22N2O2. The van der Waals surface area contributed by atoms with Crippen molar-refractivity contribution >= 4 is 5.91 Å². The van der Waals surface area contributed by atoms with Crippen LogP contribution in [0.4, 0.5) is 0 Å². The van der Waals surface area contributed by atoms with Crippen molar-refractivity contribution in [1.29, 1.82) is 0 Å². The molecule has 1 rings (SSSR count). The van der Waals surface area contributed by atoms with Crippen LogP contribution in [0, 0.1) is 0 Å². The molecule has 0 unspecified atom stereocenters. The molecule has 1 amide bonds. The maximum absolute atomic E-state index is 11.8. The van der Waals surface area contributed by atoms with E-state index in [0.717, 1.165) is 5.56 Å². The third kappa shape index (κ3) is 4.04. The first kappa shape index (κ1) is 14.5. The van der Waals surface area contributed by atoms with Gasteiger partial charge in [0, 0.05) is 19.1 Å². The van der Waals surface area contributed by atoms with Crippen LogP contribution in [-0.4, -0.2) is 30.5 Å². The summed E-state index contributed by atoms with van der Waals surface area (Å²) >= 11 is 0. The quantitative estimate of drug-likeness (QED) is 0.839. The van der Waals surface area contributed by atoms with Crippen LogP contribution in [0.1, 0.15) is 32.4 Å². The van der Waals surface area contributed by atoms with Gasteiger partial charge in [0.2, 0.25) is 0 Å². The fourth-order valence-electron chi connectivity index (χ4n) is 1.70. The molecule has 0 heterocycles. The summed E-state index contributed by atoms with van der Waals surface area (Å²) in [6.07, 6.45) is 0. The van der Waals surface area contributed by atoms with E-state index in [4.69, 9.17) is 10.5 Å². The van der Waals surface area contributed by atoms with E-state index in [0.29, 0.717) is 18.8 Å². The lowest BCUT2D eigenvalue weighted by molar-refractivity contribution is -0.132. The van der Waals surface area contributed by atoms with Gasteiger partial charge in [0.1, 0.15) is 5.75 Å². The number of rotatable bonds is 6. The zero-order chi connectivity index (χ0) is 13.5. The lowest BCUT2D eigenvalue weighted by atomic mass is 10.1. The van der Waals surface area contributed by atoms with Crippen molar-refractivity contribution in [3.63, 3.8) is 0 Å². The third-order valence-corrected chi connectivity index (χ3v) is 2.86. The molecule has 0 aromatic heterocycles. The molecule has 0 saturated heterocycles. The second kappa shape index (κ2) is 7.01. The van der Waals surface area contributed by atoms with E-state index in [-0.39, 0.29) is 18.6 Å². The van der Waals surface area contributed by atoms with E-state index in [2.05, 4.69) is 0 Å². The average molecular weight is 250 g/mol. The predicted molar refractivity (Wildman–Crippen MR) is 72.5 cm³/mol. The Morgan fingerprint density at radius 1 is 1.39 bits per heavy atom. The minimum absolute atomic E-state index is 0.00574. The summed E-state index contributed by atoms with van der Waals surface area (Å²) in [4.78, 5) is 13.5. The summed E-state index contributed by atoms with van der Waals surface area (Å²) in [6.45, 7) is 7.32. The van der Waals surface area contributed by atoms with Crippen molar-refractivity contribution in [2.75, 3.05) is 19.7 Å². The first-order chi connectivity index (χ1) is 8.58. The van der Waals surface area contributed by atoms with Crippen LogP contribution >= 0.6 is 0 Å². The highest BCUT2D eigenvalue weighted by molar-refractivity contribution is 5.77. The molecule has 0 spiro atoms.